The summed E-state index contributed by atoms with van der Waals surface area (Å²) in [6.07, 6.45) is 1.26. The molecule has 1 aromatic carbocycles. The maximum absolute atomic E-state index is 6.01. The quantitative estimate of drug-likeness (QED) is 0.885. The zero-order valence-electron chi connectivity index (χ0n) is 10.7. The highest BCUT2D eigenvalue weighted by molar-refractivity contribution is 6.30. The van der Waals surface area contributed by atoms with Gasteiger partial charge in [-0.25, -0.2) is 0 Å². The van der Waals surface area contributed by atoms with Gasteiger partial charge >= 0.3 is 0 Å². The summed E-state index contributed by atoms with van der Waals surface area (Å²) in [6.45, 7) is 6.54. The van der Waals surface area contributed by atoms with Gasteiger partial charge in [-0.2, -0.15) is 0 Å². The molecular formula is C14H19ClN2O. The number of fused-ring (bicyclic) bond motifs is 1. The molecule has 3 rings (SSSR count). The van der Waals surface area contributed by atoms with Gasteiger partial charge in [-0.3, -0.25) is 4.90 Å². The second-order valence-electron chi connectivity index (χ2n) is 5.31. The predicted molar refractivity (Wildman–Crippen MR) is 73.5 cm³/mol. The molecule has 1 aromatic rings. The first kappa shape index (κ1) is 12.3. The summed E-state index contributed by atoms with van der Waals surface area (Å²) in [7, 11) is 0. The number of hydrogen-bond acceptors (Lipinski definition) is 3. The van der Waals surface area contributed by atoms with Gasteiger partial charge in [-0.15, -0.1) is 0 Å². The number of nitrogens with zero attached hydrogens (tertiary/aromatic N) is 1. The van der Waals surface area contributed by atoms with Crippen LogP contribution in [-0.4, -0.2) is 43.2 Å². The molecule has 1 fully saturated rings. The minimum absolute atomic E-state index is 0.281. The van der Waals surface area contributed by atoms with Crippen LogP contribution in [-0.2, 0) is 6.42 Å². The van der Waals surface area contributed by atoms with Gasteiger partial charge < -0.3 is 10.1 Å². The van der Waals surface area contributed by atoms with Crippen molar-refractivity contribution in [3.8, 4) is 5.75 Å². The van der Waals surface area contributed by atoms with Gasteiger partial charge in [0.25, 0.3) is 0 Å². The second kappa shape index (κ2) is 5.08. The van der Waals surface area contributed by atoms with Crippen LogP contribution < -0.4 is 10.1 Å². The predicted octanol–water partition coefficient (Wildman–Crippen LogP) is 1.94. The maximum Gasteiger partial charge on any atom is 0.123 e. The normalized spacial score (nSPS) is 27.9. The number of piperazine rings is 1. The Morgan fingerprint density at radius 3 is 3.22 bits per heavy atom. The van der Waals surface area contributed by atoms with Crippen molar-refractivity contribution in [1.82, 2.24) is 10.2 Å². The molecule has 0 saturated carbocycles. The molecule has 1 saturated heterocycles. The molecule has 0 bridgehead atoms. The molecule has 3 nitrogen and oxygen atoms in total. The van der Waals surface area contributed by atoms with Crippen LogP contribution in [0.15, 0.2) is 18.2 Å². The fourth-order valence-electron chi connectivity index (χ4n) is 2.86. The van der Waals surface area contributed by atoms with Crippen LogP contribution in [0.2, 0.25) is 5.02 Å². The Bertz CT molecular complexity index is 438. The fourth-order valence-corrected chi connectivity index (χ4v) is 3.05. The van der Waals surface area contributed by atoms with Crippen molar-refractivity contribution in [2.75, 3.05) is 26.2 Å². The molecule has 1 unspecified atom stereocenters. The van der Waals surface area contributed by atoms with Gasteiger partial charge in [-0.05, 0) is 30.7 Å². The summed E-state index contributed by atoms with van der Waals surface area (Å²) in [5.74, 6) is 1.01. The van der Waals surface area contributed by atoms with E-state index in [0.29, 0.717) is 6.04 Å². The van der Waals surface area contributed by atoms with E-state index in [1.54, 1.807) is 0 Å². The van der Waals surface area contributed by atoms with Crippen molar-refractivity contribution in [3.05, 3.63) is 28.8 Å². The molecule has 18 heavy (non-hydrogen) atoms. The minimum atomic E-state index is 0.281. The highest BCUT2D eigenvalue weighted by Gasteiger charge is 2.26. The summed E-state index contributed by atoms with van der Waals surface area (Å²) < 4.78 is 5.98. The number of nitrogens with one attached hydrogen (secondary N) is 1. The smallest absolute Gasteiger partial charge is 0.123 e. The molecule has 98 valence electrons. The van der Waals surface area contributed by atoms with Crippen molar-refractivity contribution in [2.24, 2.45) is 0 Å². The van der Waals surface area contributed by atoms with E-state index in [1.165, 1.54) is 5.56 Å². The van der Waals surface area contributed by atoms with Crippen molar-refractivity contribution >= 4 is 11.6 Å². The van der Waals surface area contributed by atoms with Gasteiger partial charge in [0.15, 0.2) is 0 Å². The third kappa shape index (κ3) is 2.63. The van der Waals surface area contributed by atoms with Gasteiger partial charge in [0.2, 0.25) is 0 Å². The molecule has 0 radical (unpaired) electrons. The minimum Gasteiger partial charge on any atom is -0.488 e. The summed E-state index contributed by atoms with van der Waals surface area (Å²) in [4.78, 5) is 2.49. The highest BCUT2D eigenvalue weighted by Crippen LogP contribution is 2.31. The summed E-state index contributed by atoms with van der Waals surface area (Å²) >= 11 is 6.01. The largest absolute Gasteiger partial charge is 0.488 e. The lowest BCUT2D eigenvalue weighted by Gasteiger charge is -2.33. The second-order valence-corrected chi connectivity index (χ2v) is 5.75. The van der Waals surface area contributed by atoms with Crippen molar-refractivity contribution in [3.63, 3.8) is 0 Å². The van der Waals surface area contributed by atoms with Gasteiger partial charge in [-0.1, -0.05) is 11.6 Å². The molecule has 2 atom stereocenters. The Morgan fingerprint density at radius 1 is 1.50 bits per heavy atom. The molecule has 0 amide bonds. The average Bonchev–Trinajstić information content (AvgIpc) is 2.70. The molecule has 1 N–H and O–H groups in total. The van der Waals surface area contributed by atoms with Crippen LogP contribution >= 0.6 is 11.6 Å². The van der Waals surface area contributed by atoms with Gasteiger partial charge in [0, 0.05) is 43.7 Å². The molecule has 2 aliphatic rings. The van der Waals surface area contributed by atoms with E-state index in [2.05, 4.69) is 17.1 Å². The van der Waals surface area contributed by atoms with Crippen molar-refractivity contribution in [2.45, 2.75) is 25.5 Å². The molecule has 4 heteroatoms. The third-order valence-electron chi connectivity index (χ3n) is 3.68. The van der Waals surface area contributed by atoms with Crippen LogP contribution in [0, 0.1) is 0 Å². The maximum atomic E-state index is 6.01. The van der Waals surface area contributed by atoms with Crippen LogP contribution in [0.25, 0.3) is 0 Å². The first-order valence-electron chi connectivity index (χ1n) is 6.61. The van der Waals surface area contributed by atoms with E-state index in [0.717, 1.165) is 43.4 Å². The van der Waals surface area contributed by atoms with Crippen LogP contribution in [0.3, 0.4) is 0 Å². The number of rotatable bonds is 2. The Labute approximate surface area is 113 Å². The Hall–Kier alpha value is -0.770. The molecule has 2 heterocycles. The molecule has 0 aliphatic carbocycles. The fraction of sp³-hybridized carbons (Fsp3) is 0.571. The van der Waals surface area contributed by atoms with Gasteiger partial charge in [0.05, 0.1) is 0 Å². The highest BCUT2D eigenvalue weighted by atomic mass is 35.5. The van der Waals surface area contributed by atoms with Gasteiger partial charge in [0.1, 0.15) is 11.9 Å². The molecule has 2 aliphatic heterocycles. The lowest BCUT2D eigenvalue weighted by Crippen LogP contribution is -2.51. The number of halogens is 1. The number of ether oxygens (including phenoxy) is 1. The number of benzene rings is 1. The molecule has 0 spiro atoms. The van der Waals surface area contributed by atoms with E-state index >= 15 is 0 Å². The lowest BCUT2D eigenvalue weighted by atomic mass is 10.1. The summed E-state index contributed by atoms with van der Waals surface area (Å²) in [6, 6.07) is 6.49. The topological polar surface area (TPSA) is 24.5 Å². The molecular weight excluding hydrogens is 248 g/mol. The van der Waals surface area contributed by atoms with E-state index in [4.69, 9.17) is 16.3 Å². The number of hydrogen-bond donors (Lipinski definition) is 1. The zero-order valence-corrected chi connectivity index (χ0v) is 11.4. The van der Waals surface area contributed by atoms with Crippen molar-refractivity contribution < 1.29 is 4.74 Å². The summed E-state index contributed by atoms with van der Waals surface area (Å²) in [5.41, 5.74) is 1.25. The molecule has 0 aromatic heterocycles. The first-order chi connectivity index (χ1) is 8.70. The monoisotopic (exact) mass is 266 g/mol. The lowest BCUT2D eigenvalue weighted by molar-refractivity contribution is 0.126. The first-order valence-corrected chi connectivity index (χ1v) is 6.99. The Kier molecular flexibility index (Phi) is 3.46. The van der Waals surface area contributed by atoms with E-state index in [-0.39, 0.29) is 6.10 Å². The zero-order chi connectivity index (χ0) is 12.5. The van der Waals surface area contributed by atoms with E-state index < -0.39 is 0 Å². The Balaban J connectivity index is 1.60. The average molecular weight is 267 g/mol. The standard InChI is InChI=1S/C14H19ClN2O/c1-10-8-17(5-4-16-10)9-13-7-11-6-12(15)2-3-14(11)18-13/h2-3,6,10,13,16H,4-5,7-9H2,1H3/t10-,13?/m0/s1. The summed E-state index contributed by atoms with van der Waals surface area (Å²) in [5, 5.41) is 4.26. The van der Waals surface area contributed by atoms with E-state index in [9.17, 15) is 0 Å². The van der Waals surface area contributed by atoms with Crippen LogP contribution in [0.4, 0.5) is 0 Å². The van der Waals surface area contributed by atoms with Crippen LogP contribution in [0.1, 0.15) is 12.5 Å². The van der Waals surface area contributed by atoms with Crippen LogP contribution in [0.5, 0.6) is 5.75 Å². The SMILES string of the molecule is C[C@H]1CN(CC2Cc3cc(Cl)ccc3O2)CCN1. The Morgan fingerprint density at radius 2 is 2.39 bits per heavy atom. The third-order valence-corrected chi connectivity index (χ3v) is 3.91. The van der Waals surface area contributed by atoms with Crippen molar-refractivity contribution in [1.29, 1.82) is 0 Å². The van der Waals surface area contributed by atoms with E-state index in [1.807, 2.05) is 18.2 Å².